The highest BCUT2D eigenvalue weighted by Gasteiger charge is 2.27. The summed E-state index contributed by atoms with van der Waals surface area (Å²) in [4.78, 5) is 20.2. The summed E-state index contributed by atoms with van der Waals surface area (Å²) in [6.45, 7) is 4.57. The number of nitrogens with zero attached hydrogens (tertiary/aromatic N) is 2. The van der Waals surface area contributed by atoms with Gasteiger partial charge in [-0.3, -0.25) is 4.79 Å². The van der Waals surface area contributed by atoms with Gasteiger partial charge < -0.3 is 10.6 Å². The van der Waals surface area contributed by atoms with E-state index in [0.29, 0.717) is 16.9 Å². The Balaban J connectivity index is 1.90. The van der Waals surface area contributed by atoms with Gasteiger partial charge in [0.25, 0.3) is 5.91 Å². The normalized spacial score (nSPS) is 18.9. The van der Waals surface area contributed by atoms with E-state index in [9.17, 15) is 4.79 Å². The number of aromatic nitrogens is 2. The minimum Gasteiger partial charge on any atom is -0.372 e. The van der Waals surface area contributed by atoms with Gasteiger partial charge in [0.05, 0.1) is 12.4 Å². The number of carbonyl (C=O) groups is 1. The van der Waals surface area contributed by atoms with Gasteiger partial charge in [-0.15, -0.1) is 0 Å². The Kier molecular flexibility index (Phi) is 4.02. The van der Waals surface area contributed by atoms with Crippen molar-refractivity contribution in [2.45, 2.75) is 45.6 Å². The molecule has 0 radical (unpaired) electrons. The van der Waals surface area contributed by atoms with Crippen molar-refractivity contribution < 1.29 is 4.79 Å². The molecule has 2 rings (SSSR count). The van der Waals surface area contributed by atoms with E-state index < -0.39 is 0 Å². The van der Waals surface area contributed by atoms with Gasteiger partial charge >= 0.3 is 0 Å². The molecule has 0 bridgehead atoms. The Morgan fingerprint density at radius 1 is 1.26 bits per heavy atom. The fourth-order valence-corrected chi connectivity index (χ4v) is 2.38. The standard InChI is InChI=1S/C14H22N4O/c1-14(2)6-4-10(5-7-14)18-13(19)11-8-17-12(15-3)9-16-11/h8-10H,4-7H2,1-3H3,(H,15,17)(H,18,19). The van der Waals surface area contributed by atoms with Crippen molar-refractivity contribution >= 4 is 11.7 Å². The van der Waals surface area contributed by atoms with Crippen LogP contribution in [0.4, 0.5) is 5.82 Å². The van der Waals surface area contributed by atoms with E-state index in [1.807, 2.05) is 0 Å². The van der Waals surface area contributed by atoms with Gasteiger partial charge in [-0.2, -0.15) is 0 Å². The Morgan fingerprint density at radius 2 is 1.95 bits per heavy atom. The molecule has 104 valence electrons. The maximum Gasteiger partial charge on any atom is 0.271 e. The number of hydrogen-bond acceptors (Lipinski definition) is 4. The molecule has 0 aliphatic heterocycles. The summed E-state index contributed by atoms with van der Waals surface area (Å²) in [5, 5.41) is 5.93. The third-order valence-corrected chi connectivity index (χ3v) is 3.81. The molecular formula is C14H22N4O. The molecule has 0 saturated heterocycles. The van der Waals surface area contributed by atoms with Crippen molar-refractivity contribution in [3.05, 3.63) is 18.1 Å². The van der Waals surface area contributed by atoms with Crippen molar-refractivity contribution in [2.24, 2.45) is 5.41 Å². The summed E-state index contributed by atoms with van der Waals surface area (Å²) in [5.41, 5.74) is 0.791. The highest BCUT2D eigenvalue weighted by Crippen LogP contribution is 2.34. The first kappa shape index (κ1) is 13.8. The minimum absolute atomic E-state index is 0.125. The van der Waals surface area contributed by atoms with Gasteiger partial charge in [0.15, 0.2) is 0 Å². The van der Waals surface area contributed by atoms with E-state index >= 15 is 0 Å². The zero-order valence-electron chi connectivity index (χ0n) is 11.9. The van der Waals surface area contributed by atoms with Crippen molar-refractivity contribution in [2.75, 3.05) is 12.4 Å². The highest BCUT2D eigenvalue weighted by molar-refractivity contribution is 5.92. The molecule has 1 heterocycles. The molecule has 1 aromatic heterocycles. The van der Waals surface area contributed by atoms with Crippen LogP contribution in [-0.4, -0.2) is 29.0 Å². The van der Waals surface area contributed by atoms with E-state index in [0.717, 1.165) is 25.7 Å². The molecule has 1 fully saturated rings. The van der Waals surface area contributed by atoms with E-state index in [-0.39, 0.29) is 11.9 Å². The first-order valence-corrected chi connectivity index (χ1v) is 6.81. The number of hydrogen-bond donors (Lipinski definition) is 2. The zero-order valence-corrected chi connectivity index (χ0v) is 11.9. The molecule has 1 aliphatic rings. The number of amides is 1. The monoisotopic (exact) mass is 262 g/mol. The third-order valence-electron chi connectivity index (χ3n) is 3.81. The molecular weight excluding hydrogens is 240 g/mol. The lowest BCUT2D eigenvalue weighted by Gasteiger charge is -2.34. The number of carbonyl (C=O) groups excluding carboxylic acids is 1. The van der Waals surface area contributed by atoms with Crippen LogP contribution in [0.1, 0.15) is 50.0 Å². The van der Waals surface area contributed by atoms with Gasteiger partial charge in [0.2, 0.25) is 0 Å². The molecule has 0 atom stereocenters. The van der Waals surface area contributed by atoms with Crippen molar-refractivity contribution in [3.63, 3.8) is 0 Å². The lowest BCUT2D eigenvalue weighted by atomic mass is 9.75. The zero-order chi connectivity index (χ0) is 13.9. The molecule has 1 saturated carbocycles. The fraction of sp³-hybridized carbons (Fsp3) is 0.643. The first-order valence-electron chi connectivity index (χ1n) is 6.81. The van der Waals surface area contributed by atoms with Crippen LogP contribution >= 0.6 is 0 Å². The molecule has 5 nitrogen and oxygen atoms in total. The van der Waals surface area contributed by atoms with E-state index in [1.54, 1.807) is 13.2 Å². The lowest BCUT2D eigenvalue weighted by molar-refractivity contribution is 0.0903. The van der Waals surface area contributed by atoms with Crippen LogP contribution in [-0.2, 0) is 0 Å². The van der Waals surface area contributed by atoms with E-state index in [1.165, 1.54) is 6.20 Å². The maximum atomic E-state index is 12.0. The maximum absolute atomic E-state index is 12.0. The highest BCUT2D eigenvalue weighted by atomic mass is 16.1. The quantitative estimate of drug-likeness (QED) is 0.876. The van der Waals surface area contributed by atoms with E-state index in [4.69, 9.17) is 0 Å². The third kappa shape index (κ3) is 3.66. The van der Waals surface area contributed by atoms with Crippen LogP contribution in [0.5, 0.6) is 0 Å². The number of nitrogens with one attached hydrogen (secondary N) is 2. The van der Waals surface area contributed by atoms with Gasteiger partial charge in [0.1, 0.15) is 11.5 Å². The average molecular weight is 262 g/mol. The van der Waals surface area contributed by atoms with Crippen LogP contribution in [0, 0.1) is 5.41 Å². The molecule has 1 aromatic rings. The number of rotatable bonds is 3. The smallest absolute Gasteiger partial charge is 0.271 e. The van der Waals surface area contributed by atoms with Crippen molar-refractivity contribution in [1.82, 2.24) is 15.3 Å². The van der Waals surface area contributed by atoms with Crippen LogP contribution in [0.25, 0.3) is 0 Å². The number of anilines is 1. The summed E-state index contributed by atoms with van der Waals surface area (Å²) >= 11 is 0. The molecule has 5 heteroatoms. The summed E-state index contributed by atoms with van der Waals surface area (Å²) < 4.78 is 0. The van der Waals surface area contributed by atoms with Crippen LogP contribution in [0.2, 0.25) is 0 Å². The second-order valence-corrected chi connectivity index (χ2v) is 5.95. The van der Waals surface area contributed by atoms with Gasteiger partial charge in [-0.25, -0.2) is 9.97 Å². The molecule has 2 N–H and O–H groups in total. The molecule has 1 amide bonds. The Hall–Kier alpha value is -1.65. The summed E-state index contributed by atoms with van der Waals surface area (Å²) in [6, 6.07) is 0.270. The summed E-state index contributed by atoms with van der Waals surface area (Å²) in [7, 11) is 1.77. The molecule has 1 aliphatic carbocycles. The minimum atomic E-state index is -0.125. The average Bonchev–Trinajstić information content (AvgIpc) is 2.41. The van der Waals surface area contributed by atoms with E-state index in [2.05, 4.69) is 34.4 Å². The Morgan fingerprint density at radius 3 is 2.47 bits per heavy atom. The largest absolute Gasteiger partial charge is 0.372 e. The summed E-state index contributed by atoms with van der Waals surface area (Å²) in [6.07, 6.45) is 7.47. The van der Waals surface area contributed by atoms with Gasteiger partial charge in [-0.1, -0.05) is 13.8 Å². The Labute approximate surface area is 114 Å². The lowest BCUT2D eigenvalue weighted by Crippen LogP contribution is -2.39. The fourth-order valence-electron chi connectivity index (χ4n) is 2.38. The Bertz CT molecular complexity index is 431. The van der Waals surface area contributed by atoms with Gasteiger partial charge in [0, 0.05) is 13.1 Å². The second-order valence-electron chi connectivity index (χ2n) is 5.95. The van der Waals surface area contributed by atoms with Crippen LogP contribution < -0.4 is 10.6 Å². The summed E-state index contributed by atoms with van der Waals surface area (Å²) in [5.74, 6) is 0.538. The predicted octanol–water partition coefficient (Wildman–Crippen LogP) is 2.22. The molecule has 19 heavy (non-hydrogen) atoms. The van der Waals surface area contributed by atoms with Gasteiger partial charge in [-0.05, 0) is 31.1 Å². The van der Waals surface area contributed by atoms with Crippen LogP contribution in [0.15, 0.2) is 12.4 Å². The van der Waals surface area contributed by atoms with Crippen molar-refractivity contribution in [3.8, 4) is 0 Å². The topological polar surface area (TPSA) is 66.9 Å². The SMILES string of the molecule is CNc1cnc(C(=O)NC2CCC(C)(C)CC2)cn1. The molecule has 0 aromatic carbocycles. The molecule has 0 spiro atoms. The second kappa shape index (κ2) is 5.55. The predicted molar refractivity (Wildman–Crippen MR) is 75.1 cm³/mol. The first-order chi connectivity index (χ1) is 9.00. The van der Waals surface area contributed by atoms with Crippen molar-refractivity contribution in [1.29, 1.82) is 0 Å². The molecule has 0 unspecified atom stereocenters. The van der Waals surface area contributed by atoms with Crippen LogP contribution in [0.3, 0.4) is 0 Å².